The molecule has 6 nitrogen and oxygen atoms in total. The maximum absolute atomic E-state index is 11.9. The Kier molecular flexibility index (Phi) is 8.43. The summed E-state index contributed by atoms with van der Waals surface area (Å²) < 4.78 is 0. The van der Waals surface area contributed by atoms with Crippen LogP contribution >= 0.6 is 0 Å². The van der Waals surface area contributed by atoms with Gasteiger partial charge >= 0.3 is 0 Å². The fraction of sp³-hybridized carbons (Fsp3) is 0.556. The molecule has 0 heterocycles. The van der Waals surface area contributed by atoms with Crippen LogP contribution in [0, 0.1) is 5.92 Å². The van der Waals surface area contributed by atoms with Gasteiger partial charge < -0.3 is 21.3 Å². The molecule has 1 rings (SSSR count). The Balaban J connectivity index is 2.29. The van der Waals surface area contributed by atoms with E-state index in [2.05, 4.69) is 27.7 Å². The number of hydrogen-bond donors (Lipinski definition) is 3. The molecule has 1 aromatic carbocycles. The predicted molar refractivity (Wildman–Crippen MR) is 96.2 cm³/mol. The quantitative estimate of drug-likeness (QED) is 0.621. The van der Waals surface area contributed by atoms with Gasteiger partial charge in [-0.3, -0.25) is 9.59 Å². The van der Waals surface area contributed by atoms with E-state index in [1.165, 1.54) is 5.56 Å². The zero-order chi connectivity index (χ0) is 18.1. The van der Waals surface area contributed by atoms with Gasteiger partial charge in [-0.25, -0.2) is 0 Å². The first-order chi connectivity index (χ1) is 11.3. The monoisotopic (exact) mass is 334 g/mol. The molecule has 0 bridgehead atoms. The van der Waals surface area contributed by atoms with E-state index in [9.17, 15) is 9.59 Å². The van der Waals surface area contributed by atoms with Gasteiger partial charge in [-0.2, -0.15) is 0 Å². The maximum atomic E-state index is 11.9. The molecule has 2 atom stereocenters. The van der Waals surface area contributed by atoms with Crippen LogP contribution in [0.2, 0.25) is 0 Å². The van der Waals surface area contributed by atoms with Crippen LogP contribution < -0.4 is 16.4 Å². The summed E-state index contributed by atoms with van der Waals surface area (Å²) in [7, 11) is 2.01. The smallest absolute Gasteiger partial charge is 0.239 e. The highest BCUT2D eigenvalue weighted by molar-refractivity contribution is 5.87. The van der Waals surface area contributed by atoms with E-state index in [0.29, 0.717) is 0 Å². The highest BCUT2D eigenvalue weighted by atomic mass is 16.2. The molecular weight excluding hydrogens is 304 g/mol. The van der Waals surface area contributed by atoms with Gasteiger partial charge in [-0.15, -0.1) is 0 Å². The van der Waals surface area contributed by atoms with Crippen molar-refractivity contribution in [2.24, 2.45) is 11.7 Å². The number of nitrogens with one attached hydrogen (secondary N) is 2. The van der Waals surface area contributed by atoms with Gasteiger partial charge in [0.2, 0.25) is 11.8 Å². The second-order valence-electron chi connectivity index (χ2n) is 6.64. The third-order valence-electron chi connectivity index (χ3n) is 3.73. The number of nitrogens with two attached hydrogens (primary N) is 1. The van der Waals surface area contributed by atoms with Crippen molar-refractivity contribution in [3.63, 3.8) is 0 Å². The third-order valence-corrected chi connectivity index (χ3v) is 3.73. The van der Waals surface area contributed by atoms with Crippen LogP contribution in [-0.4, -0.2) is 48.9 Å². The molecule has 1 aromatic rings. The Morgan fingerprint density at radius 2 is 1.79 bits per heavy atom. The van der Waals surface area contributed by atoms with Crippen molar-refractivity contribution in [3.8, 4) is 0 Å². The van der Waals surface area contributed by atoms with Crippen LogP contribution in [0.1, 0.15) is 26.3 Å². The summed E-state index contributed by atoms with van der Waals surface area (Å²) in [6.07, 6.45) is 0. The summed E-state index contributed by atoms with van der Waals surface area (Å²) in [5.74, 6) is -0.465. The molecule has 0 aliphatic heterocycles. The predicted octanol–water partition coefficient (Wildman–Crippen LogP) is 0.723. The second-order valence-corrected chi connectivity index (χ2v) is 6.64. The molecular formula is C18H30N4O2. The molecule has 0 aliphatic carbocycles. The van der Waals surface area contributed by atoms with Gasteiger partial charge in [0.05, 0.1) is 12.6 Å². The van der Waals surface area contributed by atoms with E-state index < -0.39 is 6.04 Å². The first-order valence-corrected chi connectivity index (χ1v) is 8.34. The average molecular weight is 334 g/mol. The highest BCUT2D eigenvalue weighted by Crippen LogP contribution is 2.03. The Morgan fingerprint density at radius 1 is 1.17 bits per heavy atom. The first-order valence-electron chi connectivity index (χ1n) is 8.34. The molecule has 134 valence electrons. The minimum Gasteiger partial charge on any atom is -0.351 e. The number of rotatable bonds is 9. The topological polar surface area (TPSA) is 87.5 Å². The number of hydrogen-bond acceptors (Lipinski definition) is 4. The molecule has 24 heavy (non-hydrogen) atoms. The number of benzene rings is 1. The van der Waals surface area contributed by atoms with E-state index >= 15 is 0 Å². The van der Waals surface area contributed by atoms with Crippen LogP contribution in [0.4, 0.5) is 0 Å². The van der Waals surface area contributed by atoms with Gasteiger partial charge in [-0.1, -0.05) is 44.2 Å². The lowest BCUT2D eigenvalue weighted by molar-refractivity contribution is -0.127. The second kappa shape index (κ2) is 10.1. The van der Waals surface area contributed by atoms with Crippen molar-refractivity contribution in [2.45, 2.75) is 39.4 Å². The molecule has 0 saturated carbocycles. The fourth-order valence-electron chi connectivity index (χ4n) is 2.39. The summed E-state index contributed by atoms with van der Waals surface area (Å²) in [6.45, 7) is 7.18. The van der Waals surface area contributed by atoms with E-state index in [0.717, 1.165) is 13.1 Å². The fourth-order valence-corrected chi connectivity index (χ4v) is 2.39. The van der Waals surface area contributed by atoms with Gasteiger partial charge in [-0.05, 0) is 25.5 Å². The molecule has 4 N–H and O–H groups in total. The Morgan fingerprint density at radius 3 is 2.38 bits per heavy atom. The summed E-state index contributed by atoms with van der Waals surface area (Å²) in [5, 5.41) is 5.46. The van der Waals surface area contributed by atoms with Crippen LogP contribution in [0.15, 0.2) is 30.3 Å². The zero-order valence-electron chi connectivity index (χ0n) is 15.1. The summed E-state index contributed by atoms with van der Waals surface area (Å²) in [4.78, 5) is 25.8. The van der Waals surface area contributed by atoms with E-state index in [1.807, 2.05) is 46.0 Å². The largest absolute Gasteiger partial charge is 0.351 e. The lowest BCUT2D eigenvalue weighted by atomic mass is 10.1. The Bertz CT molecular complexity index is 519. The summed E-state index contributed by atoms with van der Waals surface area (Å²) in [5.41, 5.74) is 6.97. The van der Waals surface area contributed by atoms with E-state index in [1.54, 1.807) is 0 Å². The maximum Gasteiger partial charge on any atom is 0.239 e. The number of amides is 2. The number of carbonyl (C=O) groups excluding carboxylic acids is 2. The minimum absolute atomic E-state index is 0.0121. The molecule has 6 heteroatoms. The summed E-state index contributed by atoms with van der Waals surface area (Å²) in [6, 6.07) is 9.57. The van der Waals surface area contributed by atoms with E-state index in [4.69, 9.17) is 5.73 Å². The molecule has 0 fully saturated rings. The third kappa shape index (κ3) is 7.57. The van der Waals surface area contributed by atoms with Gasteiger partial charge in [0.1, 0.15) is 0 Å². The van der Waals surface area contributed by atoms with Crippen LogP contribution in [0.3, 0.4) is 0 Å². The lowest BCUT2D eigenvalue weighted by Gasteiger charge is -2.22. The minimum atomic E-state index is -0.591. The number of carbonyl (C=O) groups is 2. The average Bonchev–Trinajstić information content (AvgIpc) is 2.52. The first kappa shape index (κ1) is 20.1. The highest BCUT2D eigenvalue weighted by Gasteiger charge is 2.18. The van der Waals surface area contributed by atoms with Crippen molar-refractivity contribution < 1.29 is 9.59 Å². The zero-order valence-corrected chi connectivity index (χ0v) is 15.1. The van der Waals surface area contributed by atoms with Crippen LogP contribution in [0.5, 0.6) is 0 Å². The normalized spacial score (nSPS) is 13.6. The van der Waals surface area contributed by atoms with Crippen LogP contribution in [-0.2, 0) is 16.1 Å². The van der Waals surface area contributed by atoms with Gasteiger partial charge in [0.25, 0.3) is 0 Å². The van der Waals surface area contributed by atoms with Crippen molar-refractivity contribution in [1.82, 2.24) is 15.5 Å². The summed E-state index contributed by atoms with van der Waals surface area (Å²) >= 11 is 0. The molecule has 0 aliphatic rings. The van der Waals surface area contributed by atoms with Crippen LogP contribution in [0.25, 0.3) is 0 Å². The van der Waals surface area contributed by atoms with Crippen molar-refractivity contribution in [1.29, 1.82) is 0 Å². The van der Waals surface area contributed by atoms with E-state index in [-0.39, 0.29) is 30.3 Å². The van der Waals surface area contributed by atoms with Crippen molar-refractivity contribution in [2.75, 3.05) is 20.1 Å². The SMILES string of the molecule is CC(CN(C)Cc1ccccc1)NC(=O)CNC(=O)[C@@H](N)C(C)C. The van der Waals surface area contributed by atoms with Crippen molar-refractivity contribution in [3.05, 3.63) is 35.9 Å². The molecule has 2 amide bonds. The Labute approximate surface area is 144 Å². The molecule has 0 spiro atoms. The molecule has 0 aromatic heterocycles. The number of likely N-dealkylation sites (N-methyl/N-ethyl adjacent to an activating group) is 1. The molecule has 0 radical (unpaired) electrons. The standard InChI is InChI=1S/C18H30N4O2/c1-13(2)17(19)18(24)20-10-16(23)21-14(3)11-22(4)12-15-8-6-5-7-9-15/h5-9,13-14,17H,10-12,19H2,1-4H3,(H,20,24)(H,21,23)/t14?,17-/m0/s1. The molecule has 1 unspecified atom stereocenters. The van der Waals surface area contributed by atoms with Crippen molar-refractivity contribution >= 4 is 11.8 Å². The molecule has 0 saturated heterocycles. The Hall–Kier alpha value is -1.92. The van der Waals surface area contributed by atoms with Gasteiger partial charge in [0, 0.05) is 19.1 Å². The number of nitrogens with zero attached hydrogens (tertiary/aromatic N) is 1. The lowest BCUT2D eigenvalue weighted by Crippen LogP contribution is -2.49. The van der Waals surface area contributed by atoms with Gasteiger partial charge in [0.15, 0.2) is 0 Å².